The van der Waals surface area contributed by atoms with Gasteiger partial charge in [-0.15, -0.1) is 0 Å². The van der Waals surface area contributed by atoms with Crippen molar-refractivity contribution in [1.82, 2.24) is 14.3 Å². The summed E-state index contributed by atoms with van der Waals surface area (Å²) in [4.78, 5) is 18.1. The van der Waals surface area contributed by atoms with E-state index in [2.05, 4.69) is 9.97 Å². The normalized spacial score (nSPS) is 18.6. The molecular formula is C15H16N4O5S. The number of nitro benzene ring substituents is 1. The number of aromatic nitrogens is 2. The van der Waals surface area contributed by atoms with Crippen LogP contribution in [-0.4, -0.2) is 46.8 Å². The highest BCUT2D eigenvalue weighted by Gasteiger charge is 2.35. The van der Waals surface area contributed by atoms with Gasteiger partial charge in [0.05, 0.1) is 11.5 Å². The Labute approximate surface area is 144 Å². The van der Waals surface area contributed by atoms with E-state index < -0.39 is 26.7 Å². The largest absolute Gasteiger partial charge is 0.459 e. The zero-order valence-electron chi connectivity index (χ0n) is 13.2. The van der Waals surface area contributed by atoms with Crippen molar-refractivity contribution in [2.75, 3.05) is 13.1 Å². The molecule has 0 N–H and O–H groups in total. The minimum absolute atomic E-state index is 0.0899. The van der Waals surface area contributed by atoms with Crippen LogP contribution in [0.3, 0.4) is 0 Å². The average molecular weight is 364 g/mol. The second kappa shape index (κ2) is 7.11. The number of hydrogen-bond donors (Lipinski definition) is 0. The van der Waals surface area contributed by atoms with Gasteiger partial charge in [0.2, 0.25) is 10.0 Å². The minimum atomic E-state index is -3.99. The molecule has 0 radical (unpaired) electrons. The van der Waals surface area contributed by atoms with E-state index in [1.54, 1.807) is 6.07 Å². The summed E-state index contributed by atoms with van der Waals surface area (Å²) >= 11 is 0. The van der Waals surface area contributed by atoms with Crippen LogP contribution in [0.5, 0.6) is 6.01 Å². The number of sulfonamides is 1. The molecule has 0 spiro atoms. The number of rotatable bonds is 5. The van der Waals surface area contributed by atoms with Gasteiger partial charge < -0.3 is 4.74 Å². The van der Waals surface area contributed by atoms with Crippen molar-refractivity contribution in [3.63, 3.8) is 0 Å². The number of benzene rings is 1. The van der Waals surface area contributed by atoms with Crippen molar-refractivity contribution in [3.05, 3.63) is 52.8 Å². The van der Waals surface area contributed by atoms with Gasteiger partial charge in [0.1, 0.15) is 6.10 Å². The second-order valence-corrected chi connectivity index (χ2v) is 7.41. The molecule has 0 bridgehead atoms. The fourth-order valence-electron chi connectivity index (χ4n) is 2.68. The van der Waals surface area contributed by atoms with E-state index in [-0.39, 0.29) is 24.0 Å². The molecule has 2 heterocycles. The molecule has 1 fully saturated rings. The number of piperidine rings is 1. The summed E-state index contributed by atoms with van der Waals surface area (Å²) in [6.07, 6.45) is 3.90. The summed E-state index contributed by atoms with van der Waals surface area (Å²) < 4.78 is 32.5. The molecule has 1 aliphatic rings. The molecule has 132 valence electrons. The smallest absolute Gasteiger partial charge is 0.316 e. The third-order valence-electron chi connectivity index (χ3n) is 3.83. The van der Waals surface area contributed by atoms with Crippen molar-refractivity contribution in [1.29, 1.82) is 0 Å². The first-order chi connectivity index (χ1) is 12.0. The molecule has 0 aliphatic carbocycles. The fourth-order valence-corrected chi connectivity index (χ4v) is 4.35. The van der Waals surface area contributed by atoms with Crippen LogP contribution < -0.4 is 4.74 Å². The predicted molar refractivity (Wildman–Crippen MR) is 87.5 cm³/mol. The molecule has 10 heteroatoms. The van der Waals surface area contributed by atoms with Crippen molar-refractivity contribution in [2.24, 2.45) is 0 Å². The SMILES string of the molecule is O=[N+]([O-])c1ccccc1S(=O)(=O)N1CCCC(Oc2ncccn2)C1. The summed E-state index contributed by atoms with van der Waals surface area (Å²) in [6, 6.07) is 7.17. The van der Waals surface area contributed by atoms with Crippen molar-refractivity contribution >= 4 is 15.7 Å². The van der Waals surface area contributed by atoms with Gasteiger partial charge in [-0.1, -0.05) is 12.1 Å². The molecule has 1 aromatic heterocycles. The lowest BCUT2D eigenvalue weighted by Gasteiger charge is -2.31. The van der Waals surface area contributed by atoms with Crippen LogP contribution in [0, 0.1) is 10.1 Å². The van der Waals surface area contributed by atoms with Crippen LogP contribution in [0.15, 0.2) is 47.6 Å². The van der Waals surface area contributed by atoms with E-state index in [1.165, 1.54) is 41.0 Å². The zero-order chi connectivity index (χ0) is 17.9. The monoisotopic (exact) mass is 364 g/mol. The maximum atomic E-state index is 12.8. The maximum absolute atomic E-state index is 12.8. The first kappa shape index (κ1) is 17.2. The zero-order valence-corrected chi connectivity index (χ0v) is 14.0. The van der Waals surface area contributed by atoms with Crippen LogP contribution in [0.25, 0.3) is 0 Å². The third kappa shape index (κ3) is 3.74. The number of nitro groups is 1. The quantitative estimate of drug-likeness (QED) is 0.584. The maximum Gasteiger partial charge on any atom is 0.316 e. The highest BCUT2D eigenvalue weighted by molar-refractivity contribution is 7.89. The molecule has 9 nitrogen and oxygen atoms in total. The van der Waals surface area contributed by atoms with E-state index in [0.717, 1.165) is 0 Å². The molecule has 0 saturated carbocycles. The molecule has 1 saturated heterocycles. The number of nitrogens with zero attached hydrogens (tertiary/aromatic N) is 4. The highest BCUT2D eigenvalue weighted by Crippen LogP contribution is 2.28. The lowest BCUT2D eigenvalue weighted by atomic mass is 10.1. The Kier molecular flexibility index (Phi) is 4.91. The molecule has 1 atom stereocenters. The summed E-state index contributed by atoms with van der Waals surface area (Å²) in [6.45, 7) is 0.372. The van der Waals surface area contributed by atoms with E-state index >= 15 is 0 Å². The molecule has 2 aromatic rings. The summed E-state index contributed by atoms with van der Waals surface area (Å²) in [5, 5.41) is 11.1. The Morgan fingerprint density at radius 1 is 1.20 bits per heavy atom. The van der Waals surface area contributed by atoms with Gasteiger partial charge in [0.15, 0.2) is 4.90 Å². The van der Waals surface area contributed by atoms with Crippen LogP contribution >= 0.6 is 0 Å². The first-order valence-corrected chi connectivity index (χ1v) is 9.10. The number of ether oxygens (including phenoxy) is 1. The van der Waals surface area contributed by atoms with Gasteiger partial charge in [-0.05, 0) is 25.0 Å². The standard InChI is InChI=1S/C15H16N4O5S/c20-19(21)13-6-1-2-7-14(13)25(22,23)18-10-3-5-12(11-18)24-15-16-8-4-9-17-15/h1-2,4,6-9,12H,3,5,10-11H2. The topological polar surface area (TPSA) is 116 Å². The minimum Gasteiger partial charge on any atom is -0.459 e. The third-order valence-corrected chi connectivity index (χ3v) is 5.75. The summed E-state index contributed by atoms with van der Waals surface area (Å²) in [7, 11) is -3.99. The number of para-hydroxylation sites is 1. The Balaban J connectivity index is 1.82. The van der Waals surface area contributed by atoms with Gasteiger partial charge >= 0.3 is 6.01 Å². The van der Waals surface area contributed by atoms with Gasteiger partial charge in [0.25, 0.3) is 5.69 Å². The Morgan fingerprint density at radius 3 is 2.64 bits per heavy atom. The van der Waals surface area contributed by atoms with E-state index in [0.29, 0.717) is 12.8 Å². The summed E-state index contributed by atoms with van der Waals surface area (Å²) in [5.41, 5.74) is -0.433. The summed E-state index contributed by atoms with van der Waals surface area (Å²) in [5.74, 6) is 0. The van der Waals surface area contributed by atoms with E-state index in [1.807, 2.05) is 0 Å². The van der Waals surface area contributed by atoms with E-state index in [9.17, 15) is 18.5 Å². The van der Waals surface area contributed by atoms with E-state index in [4.69, 9.17) is 4.74 Å². The molecule has 0 amide bonds. The van der Waals surface area contributed by atoms with Gasteiger partial charge in [0, 0.05) is 25.0 Å². The van der Waals surface area contributed by atoms with Crippen molar-refractivity contribution in [3.8, 4) is 6.01 Å². The second-order valence-electron chi connectivity index (χ2n) is 5.50. The van der Waals surface area contributed by atoms with Crippen LogP contribution in [-0.2, 0) is 10.0 Å². The lowest BCUT2D eigenvalue weighted by Crippen LogP contribution is -2.44. The highest BCUT2D eigenvalue weighted by atomic mass is 32.2. The molecule has 3 rings (SSSR count). The average Bonchev–Trinajstić information content (AvgIpc) is 2.63. The van der Waals surface area contributed by atoms with Crippen LogP contribution in [0.2, 0.25) is 0 Å². The van der Waals surface area contributed by atoms with Crippen molar-refractivity contribution < 1.29 is 18.1 Å². The molecule has 1 unspecified atom stereocenters. The van der Waals surface area contributed by atoms with Crippen LogP contribution in [0.4, 0.5) is 5.69 Å². The van der Waals surface area contributed by atoms with Gasteiger partial charge in [-0.25, -0.2) is 18.4 Å². The Morgan fingerprint density at radius 2 is 1.92 bits per heavy atom. The molecule has 25 heavy (non-hydrogen) atoms. The Hall–Kier alpha value is -2.59. The van der Waals surface area contributed by atoms with Gasteiger partial charge in [-0.3, -0.25) is 10.1 Å². The predicted octanol–water partition coefficient (Wildman–Crippen LogP) is 1.62. The first-order valence-electron chi connectivity index (χ1n) is 7.66. The van der Waals surface area contributed by atoms with Crippen molar-refractivity contribution in [2.45, 2.75) is 23.8 Å². The Bertz CT molecular complexity index is 859. The van der Waals surface area contributed by atoms with Crippen LogP contribution in [0.1, 0.15) is 12.8 Å². The molecule has 1 aromatic carbocycles. The lowest BCUT2D eigenvalue weighted by molar-refractivity contribution is -0.387. The number of hydrogen-bond acceptors (Lipinski definition) is 7. The molecular weight excluding hydrogens is 348 g/mol. The molecule has 1 aliphatic heterocycles. The van der Waals surface area contributed by atoms with Gasteiger partial charge in [-0.2, -0.15) is 4.31 Å². The fraction of sp³-hybridized carbons (Fsp3) is 0.333.